The normalized spacial score (nSPS) is 14.8. The van der Waals surface area contributed by atoms with Gasteiger partial charge in [-0.3, -0.25) is 14.4 Å². The molecule has 11 heteroatoms. The van der Waals surface area contributed by atoms with Crippen molar-refractivity contribution in [1.82, 2.24) is 15.1 Å². The van der Waals surface area contributed by atoms with E-state index in [4.69, 9.17) is 4.42 Å². The number of hydrogen-bond acceptors (Lipinski definition) is 6. The van der Waals surface area contributed by atoms with Gasteiger partial charge in [-0.1, -0.05) is 17.7 Å². The lowest BCUT2D eigenvalue weighted by molar-refractivity contribution is -0.132. The molecule has 188 valence electrons. The van der Waals surface area contributed by atoms with Crippen LogP contribution in [0.5, 0.6) is 0 Å². The SMILES string of the molecule is Cc1cccc(C(=O)NC(C(=O)N2CCN(C(=O)c3ccco3)CC2)S(=O)(=O)c2ccc(F)cc2)c1. The number of hydrogen-bond donors (Lipinski definition) is 1. The lowest BCUT2D eigenvalue weighted by Gasteiger charge is -2.36. The second-order valence-electron chi connectivity index (χ2n) is 8.32. The molecule has 36 heavy (non-hydrogen) atoms. The Morgan fingerprint density at radius 1 is 0.944 bits per heavy atom. The second kappa shape index (κ2) is 10.3. The standard InChI is InChI=1S/C25H24FN3O6S/c1-17-4-2-5-18(16-17)22(30)27-23(36(33,34)20-9-7-19(26)8-10-20)25(32)29-13-11-28(12-14-29)24(31)21-6-3-15-35-21/h2-10,15-16,23H,11-14H2,1H3,(H,27,30). The molecule has 0 aliphatic carbocycles. The largest absolute Gasteiger partial charge is 0.459 e. The van der Waals surface area contributed by atoms with Gasteiger partial charge in [0, 0.05) is 31.7 Å². The molecule has 1 N–H and O–H groups in total. The Hall–Kier alpha value is -3.99. The van der Waals surface area contributed by atoms with E-state index in [-0.39, 0.29) is 48.3 Å². The molecule has 2 aromatic carbocycles. The van der Waals surface area contributed by atoms with Crippen molar-refractivity contribution < 1.29 is 31.6 Å². The van der Waals surface area contributed by atoms with Crippen molar-refractivity contribution in [3.8, 4) is 0 Å². The fraction of sp³-hybridized carbons (Fsp3) is 0.240. The summed E-state index contributed by atoms with van der Waals surface area (Å²) >= 11 is 0. The number of nitrogens with zero attached hydrogens (tertiary/aromatic N) is 2. The summed E-state index contributed by atoms with van der Waals surface area (Å²) in [6, 6.07) is 13.6. The van der Waals surface area contributed by atoms with Crippen LogP contribution in [-0.2, 0) is 14.6 Å². The minimum atomic E-state index is -4.43. The van der Waals surface area contributed by atoms with Gasteiger partial charge >= 0.3 is 0 Å². The summed E-state index contributed by atoms with van der Waals surface area (Å²) in [7, 11) is -4.43. The average molecular weight is 514 g/mol. The minimum absolute atomic E-state index is 0.0566. The first-order valence-corrected chi connectivity index (χ1v) is 12.7. The summed E-state index contributed by atoms with van der Waals surface area (Å²) in [6.07, 6.45) is 1.38. The maximum Gasteiger partial charge on any atom is 0.289 e. The Bertz CT molecular complexity index is 1370. The molecular formula is C25H24FN3O6S. The van der Waals surface area contributed by atoms with Gasteiger partial charge in [0.15, 0.2) is 5.76 Å². The molecule has 1 unspecified atom stereocenters. The number of piperazine rings is 1. The number of benzene rings is 2. The fourth-order valence-corrected chi connectivity index (χ4v) is 5.34. The van der Waals surface area contributed by atoms with Crippen molar-refractivity contribution in [3.05, 3.63) is 89.6 Å². The third kappa shape index (κ3) is 5.30. The first kappa shape index (κ1) is 25.1. The quantitative estimate of drug-likeness (QED) is 0.506. The molecule has 1 fully saturated rings. The molecule has 1 aliphatic heterocycles. The number of carbonyl (C=O) groups excluding carboxylic acids is 3. The molecule has 0 spiro atoms. The highest BCUT2D eigenvalue weighted by atomic mass is 32.2. The second-order valence-corrected chi connectivity index (χ2v) is 10.3. The van der Waals surface area contributed by atoms with Gasteiger partial charge in [-0.15, -0.1) is 0 Å². The summed E-state index contributed by atoms with van der Waals surface area (Å²) in [5.74, 6) is -2.40. The van der Waals surface area contributed by atoms with Crippen LogP contribution < -0.4 is 5.32 Å². The van der Waals surface area contributed by atoms with E-state index in [1.807, 2.05) is 0 Å². The number of rotatable bonds is 6. The molecule has 0 saturated carbocycles. The Morgan fingerprint density at radius 2 is 1.61 bits per heavy atom. The van der Waals surface area contributed by atoms with Gasteiger partial charge in [0.2, 0.25) is 15.2 Å². The zero-order valence-electron chi connectivity index (χ0n) is 19.4. The van der Waals surface area contributed by atoms with Crippen LogP contribution >= 0.6 is 0 Å². The van der Waals surface area contributed by atoms with E-state index in [0.29, 0.717) is 0 Å². The number of sulfone groups is 1. The van der Waals surface area contributed by atoms with Crippen LogP contribution in [0.4, 0.5) is 4.39 Å². The maximum atomic E-state index is 13.5. The summed E-state index contributed by atoms with van der Waals surface area (Å²) in [4.78, 5) is 41.4. The predicted molar refractivity (Wildman–Crippen MR) is 127 cm³/mol. The van der Waals surface area contributed by atoms with Gasteiger partial charge in [-0.2, -0.15) is 0 Å². The van der Waals surface area contributed by atoms with Gasteiger partial charge < -0.3 is 19.5 Å². The van der Waals surface area contributed by atoms with Crippen LogP contribution in [0.1, 0.15) is 26.5 Å². The van der Waals surface area contributed by atoms with Crippen LogP contribution in [0, 0.1) is 12.7 Å². The summed E-state index contributed by atoms with van der Waals surface area (Å²) in [5, 5.41) is 0.419. The first-order valence-electron chi connectivity index (χ1n) is 11.2. The van der Waals surface area contributed by atoms with E-state index in [9.17, 15) is 27.2 Å². The molecule has 9 nitrogen and oxygen atoms in total. The van der Waals surface area contributed by atoms with Crippen molar-refractivity contribution in [3.63, 3.8) is 0 Å². The monoisotopic (exact) mass is 513 g/mol. The van der Waals surface area contributed by atoms with Crippen molar-refractivity contribution >= 4 is 27.6 Å². The van der Waals surface area contributed by atoms with Crippen LogP contribution in [-0.4, -0.2) is 67.5 Å². The summed E-state index contributed by atoms with van der Waals surface area (Å²) < 4.78 is 45.4. The molecule has 0 bridgehead atoms. The molecule has 3 amide bonds. The highest BCUT2D eigenvalue weighted by molar-refractivity contribution is 7.92. The Balaban J connectivity index is 1.57. The van der Waals surface area contributed by atoms with E-state index in [2.05, 4.69) is 5.32 Å². The van der Waals surface area contributed by atoms with E-state index in [1.54, 1.807) is 31.2 Å². The molecule has 0 radical (unpaired) electrons. The molecule has 4 rings (SSSR count). The van der Waals surface area contributed by atoms with Crippen molar-refractivity contribution in [1.29, 1.82) is 0 Å². The molecular weight excluding hydrogens is 489 g/mol. The zero-order valence-corrected chi connectivity index (χ0v) is 20.2. The van der Waals surface area contributed by atoms with E-state index < -0.39 is 32.8 Å². The van der Waals surface area contributed by atoms with Gasteiger partial charge in [0.05, 0.1) is 11.2 Å². The number of amides is 3. The van der Waals surface area contributed by atoms with E-state index >= 15 is 0 Å². The topological polar surface area (TPSA) is 117 Å². The van der Waals surface area contributed by atoms with E-state index in [0.717, 1.165) is 29.8 Å². The predicted octanol–water partition coefficient (Wildman–Crippen LogP) is 2.24. The Kier molecular flexibility index (Phi) is 7.20. The zero-order chi connectivity index (χ0) is 25.9. The minimum Gasteiger partial charge on any atom is -0.459 e. The van der Waals surface area contributed by atoms with Crippen LogP contribution in [0.15, 0.2) is 76.2 Å². The number of furan rings is 1. The smallest absolute Gasteiger partial charge is 0.289 e. The third-order valence-electron chi connectivity index (χ3n) is 5.83. The molecule has 3 aromatic rings. The molecule has 1 atom stereocenters. The van der Waals surface area contributed by atoms with Crippen molar-refractivity contribution in [2.75, 3.05) is 26.2 Å². The average Bonchev–Trinajstić information content (AvgIpc) is 3.42. The molecule has 1 aliphatic rings. The fourth-order valence-electron chi connectivity index (χ4n) is 3.87. The molecule has 2 heterocycles. The lowest BCUT2D eigenvalue weighted by atomic mass is 10.1. The molecule has 1 aromatic heterocycles. The van der Waals surface area contributed by atoms with Gasteiger partial charge in [-0.05, 0) is 55.5 Å². The summed E-state index contributed by atoms with van der Waals surface area (Å²) in [6.45, 7) is 2.20. The molecule has 1 saturated heterocycles. The number of carbonyl (C=O) groups is 3. The third-order valence-corrected chi connectivity index (χ3v) is 7.70. The lowest BCUT2D eigenvalue weighted by Crippen LogP contribution is -2.57. The van der Waals surface area contributed by atoms with Crippen LogP contribution in [0.3, 0.4) is 0 Å². The maximum absolute atomic E-state index is 13.5. The summed E-state index contributed by atoms with van der Waals surface area (Å²) in [5.41, 5.74) is 0.972. The van der Waals surface area contributed by atoms with Crippen LogP contribution in [0.25, 0.3) is 0 Å². The van der Waals surface area contributed by atoms with Crippen LogP contribution in [0.2, 0.25) is 0 Å². The van der Waals surface area contributed by atoms with Gasteiger partial charge in [0.25, 0.3) is 17.7 Å². The van der Waals surface area contributed by atoms with Gasteiger partial charge in [-0.25, -0.2) is 12.8 Å². The van der Waals surface area contributed by atoms with E-state index in [1.165, 1.54) is 28.2 Å². The van der Waals surface area contributed by atoms with Crippen molar-refractivity contribution in [2.45, 2.75) is 17.2 Å². The number of aryl methyl sites for hydroxylation is 1. The van der Waals surface area contributed by atoms with Gasteiger partial charge in [0.1, 0.15) is 5.82 Å². The number of halogens is 1. The first-order chi connectivity index (χ1) is 17.2. The highest BCUT2D eigenvalue weighted by Gasteiger charge is 2.39. The Labute approximate surface area is 207 Å². The van der Waals surface area contributed by atoms with Crippen molar-refractivity contribution in [2.24, 2.45) is 0 Å². The Morgan fingerprint density at radius 3 is 2.22 bits per heavy atom. The highest BCUT2D eigenvalue weighted by Crippen LogP contribution is 2.19. The number of nitrogens with one attached hydrogen (secondary N) is 1.